The van der Waals surface area contributed by atoms with Crippen molar-refractivity contribution in [2.75, 3.05) is 10.6 Å². The van der Waals surface area contributed by atoms with Gasteiger partial charge in [0.1, 0.15) is 11.4 Å². The molecule has 4 heterocycles. The van der Waals surface area contributed by atoms with Crippen LogP contribution < -0.4 is 16.1 Å². The van der Waals surface area contributed by atoms with E-state index in [0.29, 0.717) is 35.1 Å². The summed E-state index contributed by atoms with van der Waals surface area (Å²) in [5.74, 6) is -0.964. The van der Waals surface area contributed by atoms with Crippen LogP contribution in [0.5, 0.6) is 0 Å². The Morgan fingerprint density at radius 3 is 2.67 bits per heavy atom. The van der Waals surface area contributed by atoms with Gasteiger partial charge in [-0.1, -0.05) is 17.7 Å². The van der Waals surface area contributed by atoms with Crippen molar-refractivity contribution in [2.24, 2.45) is 0 Å². The molecule has 0 saturated carbocycles. The number of benzene rings is 1. The maximum Gasteiger partial charge on any atom is 0.341 e. The van der Waals surface area contributed by atoms with Crippen molar-refractivity contribution in [1.29, 1.82) is 0 Å². The second-order valence-electron chi connectivity index (χ2n) is 7.73. The minimum absolute atomic E-state index is 0. The number of hydrogen-bond acceptors (Lipinski definition) is 6. The van der Waals surface area contributed by atoms with E-state index in [-0.39, 0.29) is 23.4 Å². The number of hydrogen-bond donors (Lipinski definition) is 2. The zero-order valence-electron chi connectivity index (χ0n) is 17.4. The van der Waals surface area contributed by atoms with Crippen LogP contribution in [0.2, 0.25) is 5.02 Å². The molecule has 0 amide bonds. The van der Waals surface area contributed by atoms with Gasteiger partial charge in [-0.25, -0.2) is 9.78 Å². The Bertz CT molecular complexity index is 1460. The first-order chi connectivity index (χ1) is 15.3. The van der Waals surface area contributed by atoms with E-state index in [0.717, 1.165) is 22.5 Å². The highest BCUT2D eigenvalue weighted by Crippen LogP contribution is 2.36. The van der Waals surface area contributed by atoms with Crippen molar-refractivity contribution in [3.05, 3.63) is 86.6 Å². The molecule has 3 aromatic heterocycles. The Morgan fingerprint density at radius 2 is 1.97 bits per heavy atom. The lowest BCUT2D eigenvalue weighted by Crippen LogP contribution is -2.20. The normalized spacial score (nSPS) is 12.5. The van der Waals surface area contributed by atoms with E-state index in [2.05, 4.69) is 14.9 Å². The summed E-state index contributed by atoms with van der Waals surface area (Å²) in [4.78, 5) is 35.4. The predicted octanol–water partition coefficient (Wildman–Crippen LogP) is 3.96. The van der Waals surface area contributed by atoms with Gasteiger partial charge in [0.25, 0.3) is 0 Å². The molecular weight excluding hydrogens is 465 g/mol. The van der Waals surface area contributed by atoms with Crippen LogP contribution in [0.15, 0.2) is 53.7 Å². The summed E-state index contributed by atoms with van der Waals surface area (Å²) in [6.45, 7) is 3.06. The average molecular weight is 484 g/mol. The van der Waals surface area contributed by atoms with Gasteiger partial charge in [-0.3, -0.25) is 9.78 Å². The molecule has 0 aliphatic carbocycles. The summed E-state index contributed by atoms with van der Waals surface area (Å²) in [5, 5.41) is 10.2. The SMILES string of the molecule is Cc1cc(N)ncc1-n1cc(C(=O)O)c(=O)c2cc(Cl)c(N3Cc4cccnc4C3)cc21.Cl. The Labute approximate surface area is 199 Å². The molecule has 33 heavy (non-hydrogen) atoms. The second kappa shape index (κ2) is 8.38. The topological polar surface area (TPSA) is 114 Å². The molecule has 4 aromatic rings. The highest BCUT2D eigenvalue weighted by molar-refractivity contribution is 6.34. The van der Waals surface area contributed by atoms with Crippen LogP contribution in [0.4, 0.5) is 11.5 Å². The number of aromatic carboxylic acids is 1. The molecule has 168 valence electrons. The molecule has 1 aliphatic heterocycles. The Hall–Kier alpha value is -3.62. The smallest absolute Gasteiger partial charge is 0.341 e. The first-order valence-corrected chi connectivity index (χ1v) is 10.2. The molecule has 0 fully saturated rings. The number of fused-ring (bicyclic) bond motifs is 2. The molecule has 0 spiro atoms. The number of rotatable bonds is 3. The maximum atomic E-state index is 12.9. The van der Waals surface area contributed by atoms with Crippen molar-refractivity contribution < 1.29 is 9.90 Å². The van der Waals surface area contributed by atoms with Crippen LogP contribution in [-0.2, 0) is 13.1 Å². The number of carboxylic acid groups (broad SMARTS) is 1. The number of nitrogen functional groups attached to an aromatic ring is 1. The van der Waals surface area contributed by atoms with Crippen molar-refractivity contribution in [3.63, 3.8) is 0 Å². The average Bonchev–Trinajstić information content (AvgIpc) is 3.18. The van der Waals surface area contributed by atoms with Gasteiger partial charge in [-0.15, -0.1) is 12.4 Å². The zero-order valence-corrected chi connectivity index (χ0v) is 19.0. The van der Waals surface area contributed by atoms with Crippen LogP contribution >= 0.6 is 24.0 Å². The summed E-state index contributed by atoms with van der Waals surface area (Å²) < 4.78 is 1.66. The lowest BCUT2D eigenvalue weighted by molar-refractivity contribution is 0.0695. The monoisotopic (exact) mass is 483 g/mol. The zero-order chi connectivity index (χ0) is 22.6. The molecule has 0 radical (unpaired) electrons. The van der Waals surface area contributed by atoms with E-state index in [1.165, 1.54) is 12.3 Å². The van der Waals surface area contributed by atoms with Crippen molar-refractivity contribution in [2.45, 2.75) is 20.0 Å². The molecule has 1 aromatic carbocycles. The van der Waals surface area contributed by atoms with Crippen LogP contribution in [-0.4, -0.2) is 25.6 Å². The van der Waals surface area contributed by atoms with E-state index in [4.69, 9.17) is 17.3 Å². The molecule has 0 unspecified atom stereocenters. The fraction of sp³-hybridized carbons (Fsp3) is 0.130. The number of nitrogens with two attached hydrogens (primary N) is 1. The molecule has 0 bridgehead atoms. The third kappa shape index (κ3) is 3.77. The van der Waals surface area contributed by atoms with Crippen molar-refractivity contribution in [1.82, 2.24) is 14.5 Å². The summed E-state index contributed by atoms with van der Waals surface area (Å²) in [6, 6.07) is 8.96. The first kappa shape index (κ1) is 22.6. The largest absolute Gasteiger partial charge is 0.477 e. The van der Waals surface area contributed by atoms with Gasteiger partial charge >= 0.3 is 5.97 Å². The van der Waals surface area contributed by atoms with E-state index >= 15 is 0 Å². The Morgan fingerprint density at radius 1 is 1.18 bits per heavy atom. The third-order valence-electron chi connectivity index (χ3n) is 5.69. The van der Waals surface area contributed by atoms with Gasteiger partial charge in [0.05, 0.1) is 40.3 Å². The van der Waals surface area contributed by atoms with E-state index in [1.807, 2.05) is 25.1 Å². The molecule has 0 saturated heterocycles. The summed E-state index contributed by atoms with van der Waals surface area (Å²) in [7, 11) is 0. The number of carboxylic acids is 1. The second-order valence-corrected chi connectivity index (χ2v) is 8.14. The van der Waals surface area contributed by atoms with E-state index in [9.17, 15) is 14.7 Å². The number of nitrogens with zero attached hydrogens (tertiary/aromatic N) is 4. The minimum atomic E-state index is -1.31. The molecule has 3 N–H and O–H groups in total. The van der Waals surface area contributed by atoms with E-state index < -0.39 is 11.4 Å². The quantitative estimate of drug-likeness (QED) is 0.452. The van der Waals surface area contributed by atoms with Crippen molar-refractivity contribution in [3.8, 4) is 5.69 Å². The van der Waals surface area contributed by atoms with Gasteiger partial charge in [0, 0.05) is 24.3 Å². The Balaban J connectivity index is 0.00000259. The highest BCUT2D eigenvalue weighted by Gasteiger charge is 2.24. The third-order valence-corrected chi connectivity index (χ3v) is 6.00. The van der Waals surface area contributed by atoms with Crippen molar-refractivity contribution >= 4 is 52.4 Å². The fourth-order valence-electron chi connectivity index (χ4n) is 4.12. The minimum Gasteiger partial charge on any atom is -0.477 e. The molecular formula is C23H19Cl2N5O3. The van der Waals surface area contributed by atoms with Gasteiger partial charge in [-0.2, -0.15) is 0 Å². The van der Waals surface area contributed by atoms with Crippen LogP contribution in [0.25, 0.3) is 16.6 Å². The lowest BCUT2D eigenvalue weighted by atomic mass is 10.1. The van der Waals surface area contributed by atoms with Crippen LogP contribution in [0, 0.1) is 6.92 Å². The Kier molecular flexibility index (Phi) is 5.73. The van der Waals surface area contributed by atoms with Gasteiger partial charge in [0.15, 0.2) is 0 Å². The maximum absolute atomic E-state index is 12.9. The number of aromatic nitrogens is 3. The molecule has 10 heteroatoms. The van der Waals surface area contributed by atoms with E-state index in [1.54, 1.807) is 23.0 Å². The standard InChI is InChI=1S/C23H18ClN5O3.ClH/c1-12-5-21(25)27-8-20(12)29-10-15(23(31)32)22(30)14-6-16(24)19(7-18(14)29)28-9-13-3-2-4-26-17(13)11-28;/h2-8,10H,9,11H2,1H3,(H2,25,27)(H,31,32);1H. The molecule has 1 aliphatic rings. The summed E-state index contributed by atoms with van der Waals surface area (Å²) in [6.07, 6.45) is 4.64. The van der Waals surface area contributed by atoms with Gasteiger partial charge in [0.2, 0.25) is 5.43 Å². The number of anilines is 2. The van der Waals surface area contributed by atoms with Crippen LogP contribution in [0.3, 0.4) is 0 Å². The fourth-order valence-corrected chi connectivity index (χ4v) is 4.40. The lowest BCUT2D eigenvalue weighted by Gasteiger charge is -2.21. The summed E-state index contributed by atoms with van der Waals surface area (Å²) in [5.41, 5.74) is 9.59. The highest BCUT2D eigenvalue weighted by atomic mass is 35.5. The predicted molar refractivity (Wildman–Crippen MR) is 130 cm³/mol. The number of pyridine rings is 3. The molecule has 0 atom stereocenters. The number of carbonyl (C=O) groups is 1. The first-order valence-electron chi connectivity index (χ1n) is 9.86. The molecule has 8 nitrogen and oxygen atoms in total. The molecule has 5 rings (SSSR count). The van der Waals surface area contributed by atoms with Crippen LogP contribution in [0.1, 0.15) is 27.2 Å². The van der Waals surface area contributed by atoms with Gasteiger partial charge in [-0.05, 0) is 42.3 Å². The van der Waals surface area contributed by atoms with Gasteiger partial charge < -0.3 is 20.3 Å². The number of halogens is 2. The summed E-state index contributed by atoms with van der Waals surface area (Å²) >= 11 is 6.59. The number of aryl methyl sites for hydroxylation is 1.